The van der Waals surface area contributed by atoms with Crippen LogP contribution in [-0.2, 0) is 10.1 Å². The van der Waals surface area contributed by atoms with Crippen molar-refractivity contribution >= 4 is 10.1 Å². The molecule has 0 saturated carbocycles. The highest BCUT2D eigenvalue weighted by Crippen LogP contribution is 2.08. The standard InChI is InChI=1S/C7H17N3.C7H8O3S/c8-2-1-5-10-6-3-9-4-7-10;1-6-2-4-7(5-3-6)11(8,9)10/h9H,1-8H2;2-5H,1H3,(H,8,9,10). The summed E-state index contributed by atoms with van der Waals surface area (Å²) in [5.41, 5.74) is 6.36. The summed E-state index contributed by atoms with van der Waals surface area (Å²) in [5, 5.41) is 3.32. The molecule has 2 rings (SSSR count). The summed E-state index contributed by atoms with van der Waals surface area (Å²) < 4.78 is 29.6. The first-order valence-electron chi connectivity index (χ1n) is 7.11. The molecule has 1 saturated heterocycles. The Morgan fingerprint density at radius 1 is 1.24 bits per heavy atom. The molecule has 0 amide bonds. The average Bonchev–Trinajstić information content (AvgIpc) is 2.46. The number of benzene rings is 1. The van der Waals surface area contributed by atoms with Gasteiger partial charge in [-0.05, 0) is 38.6 Å². The fourth-order valence-electron chi connectivity index (χ4n) is 1.96. The quantitative estimate of drug-likeness (QED) is 0.700. The molecule has 4 N–H and O–H groups in total. The SMILES string of the molecule is Cc1ccc(S(=O)(=O)O)cc1.NCCCN1CCNCC1. The average molecular weight is 315 g/mol. The Kier molecular flexibility index (Phi) is 7.84. The number of hydrogen-bond acceptors (Lipinski definition) is 5. The second-order valence-corrected chi connectivity index (χ2v) is 6.44. The maximum Gasteiger partial charge on any atom is 0.294 e. The lowest BCUT2D eigenvalue weighted by Gasteiger charge is -2.26. The van der Waals surface area contributed by atoms with Gasteiger partial charge in [-0.2, -0.15) is 8.42 Å². The van der Waals surface area contributed by atoms with E-state index in [4.69, 9.17) is 10.3 Å². The van der Waals surface area contributed by atoms with E-state index in [0.29, 0.717) is 0 Å². The molecule has 7 heteroatoms. The van der Waals surface area contributed by atoms with Crippen LogP contribution in [0.2, 0.25) is 0 Å². The smallest absolute Gasteiger partial charge is 0.294 e. The zero-order chi connectivity index (χ0) is 15.7. The van der Waals surface area contributed by atoms with Gasteiger partial charge in [-0.25, -0.2) is 0 Å². The maximum absolute atomic E-state index is 10.5. The topological polar surface area (TPSA) is 95.7 Å². The van der Waals surface area contributed by atoms with E-state index >= 15 is 0 Å². The molecule has 1 aliphatic rings. The Morgan fingerprint density at radius 2 is 1.81 bits per heavy atom. The third-order valence-corrected chi connectivity index (χ3v) is 4.07. The predicted octanol–water partition coefficient (Wildman–Crippen LogP) is 0.482. The Balaban J connectivity index is 0.000000211. The van der Waals surface area contributed by atoms with Gasteiger partial charge in [-0.1, -0.05) is 17.7 Å². The van der Waals surface area contributed by atoms with Gasteiger partial charge in [0.05, 0.1) is 4.90 Å². The summed E-state index contributed by atoms with van der Waals surface area (Å²) in [6.07, 6.45) is 1.14. The van der Waals surface area contributed by atoms with Gasteiger partial charge in [-0.15, -0.1) is 0 Å². The zero-order valence-electron chi connectivity index (χ0n) is 12.5. The molecule has 1 aromatic rings. The number of piperazine rings is 1. The Labute approximate surface area is 127 Å². The Hall–Kier alpha value is -0.990. The lowest BCUT2D eigenvalue weighted by atomic mass is 10.2. The first-order chi connectivity index (χ1) is 9.93. The summed E-state index contributed by atoms with van der Waals surface area (Å²) >= 11 is 0. The van der Waals surface area contributed by atoms with Crippen LogP contribution in [0, 0.1) is 6.92 Å². The van der Waals surface area contributed by atoms with Crippen LogP contribution >= 0.6 is 0 Å². The van der Waals surface area contributed by atoms with Crippen molar-refractivity contribution in [3.05, 3.63) is 29.8 Å². The molecular formula is C14H25N3O3S. The molecule has 1 heterocycles. The zero-order valence-corrected chi connectivity index (χ0v) is 13.3. The van der Waals surface area contributed by atoms with Gasteiger partial charge in [0, 0.05) is 26.2 Å². The summed E-state index contributed by atoms with van der Waals surface area (Å²) in [4.78, 5) is 2.40. The van der Waals surface area contributed by atoms with Crippen LogP contribution < -0.4 is 11.1 Å². The van der Waals surface area contributed by atoms with E-state index in [9.17, 15) is 8.42 Å². The Bertz CT molecular complexity index is 497. The molecule has 120 valence electrons. The molecule has 1 fully saturated rings. The van der Waals surface area contributed by atoms with Crippen LogP contribution in [0.15, 0.2) is 29.2 Å². The van der Waals surface area contributed by atoms with E-state index < -0.39 is 10.1 Å². The third-order valence-electron chi connectivity index (χ3n) is 3.21. The summed E-state index contributed by atoms with van der Waals surface area (Å²) in [7, 11) is -4.02. The number of nitrogens with one attached hydrogen (secondary N) is 1. The largest absolute Gasteiger partial charge is 0.330 e. The van der Waals surface area contributed by atoms with Gasteiger partial charge in [0.2, 0.25) is 0 Å². The summed E-state index contributed by atoms with van der Waals surface area (Å²) in [5.74, 6) is 0. The van der Waals surface area contributed by atoms with E-state index in [1.54, 1.807) is 12.1 Å². The number of hydrogen-bond donors (Lipinski definition) is 3. The third kappa shape index (κ3) is 7.54. The molecule has 0 atom stereocenters. The molecule has 0 radical (unpaired) electrons. The minimum atomic E-state index is -4.02. The monoisotopic (exact) mass is 315 g/mol. The molecule has 0 bridgehead atoms. The van der Waals surface area contributed by atoms with E-state index in [2.05, 4.69) is 10.2 Å². The molecule has 1 aliphatic heterocycles. The van der Waals surface area contributed by atoms with E-state index in [1.807, 2.05) is 6.92 Å². The number of rotatable bonds is 4. The second-order valence-electron chi connectivity index (χ2n) is 5.02. The van der Waals surface area contributed by atoms with Crippen LogP contribution in [0.1, 0.15) is 12.0 Å². The highest BCUT2D eigenvalue weighted by molar-refractivity contribution is 7.85. The summed E-state index contributed by atoms with van der Waals surface area (Å²) in [6, 6.07) is 5.99. The molecule has 0 aromatic heterocycles. The van der Waals surface area contributed by atoms with Crippen molar-refractivity contribution < 1.29 is 13.0 Å². The first-order valence-corrected chi connectivity index (χ1v) is 8.55. The van der Waals surface area contributed by atoms with Gasteiger partial charge in [0.15, 0.2) is 0 Å². The van der Waals surface area contributed by atoms with Crippen molar-refractivity contribution in [2.75, 3.05) is 39.3 Å². The van der Waals surface area contributed by atoms with Gasteiger partial charge in [0.25, 0.3) is 10.1 Å². The molecule has 1 aromatic carbocycles. The van der Waals surface area contributed by atoms with Crippen LogP contribution in [0.5, 0.6) is 0 Å². The minimum absolute atomic E-state index is 0.0666. The number of aryl methyl sites for hydroxylation is 1. The highest BCUT2D eigenvalue weighted by Gasteiger charge is 2.07. The fraction of sp³-hybridized carbons (Fsp3) is 0.571. The summed E-state index contributed by atoms with van der Waals surface area (Å²) in [6.45, 7) is 8.52. The molecule has 21 heavy (non-hydrogen) atoms. The number of nitrogens with zero attached hydrogens (tertiary/aromatic N) is 1. The van der Waals surface area contributed by atoms with Gasteiger partial charge < -0.3 is 16.0 Å². The van der Waals surface area contributed by atoms with Crippen LogP contribution in [0.3, 0.4) is 0 Å². The lowest BCUT2D eigenvalue weighted by molar-refractivity contribution is 0.240. The van der Waals surface area contributed by atoms with Crippen molar-refractivity contribution in [3.8, 4) is 0 Å². The van der Waals surface area contributed by atoms with Gasteiger partial charge in [-0.3, -0.25) is 4.55 Å². The van der Waals surface area contributed by atoms with Crippen molar-refractivity contribution in [3.63, 3.8) is 0 Å². The molecule has 0 aliphatic carbocycles. The molecular weight excluding hydrogens is 290 g/mol. The van der Waals surface area contributed by atoms with Crippen LogP contribution in [-0.4, -0.2) is 57.1 Å². The predicted molar refractivity (Wildman–Crippen MR) is 84.0 cm³/mol. The van der Waals surface area contributed by atoms with Gasteiger partial charge >= 0.3 is 0 Å². The molecule has 0 unspecified atom stereocenters. The van der Waals surface area contributed by atoms with Crippen molar-refractivity contribution in [1.29, 1.82) is 0 Å². The van der Waals surface area contributed by atoms with Crippen molar-refractivity contribution in [1.82, 2.24) is 10.2 Å². The highest BCUT2D eigenvalue weighted by atomic mass is 32.2. The van der Waals surface area contributed by atoms with Crippen LogP contribution in [0.25, 0.3) is 0 Å². The molecule has 6 nitrogen and oxygen atoms in total. The van der Waals surface area contributed by atoms with E-state index in [0.717, 1.165) is 31.6 Å². The van der Waals surface area contributed by atoms with Gasteiger partial charge in [0.1, 0.15) is 0 Å². The van der Waals surface area contributed by atoms with Crippen molar-refractivity contribution in [2.45, 2.75) is 18.2 Å². The van der Waals surface area contributed by atoms with E-state index in [1.165, 1.54) is 31.8 Å². The van der Waals surface area contributed by atoms with Crippen LogP contribution in [0.4, 0.5) is 0 Å². The lowest BCUT2D eigenvalue weighted by Crippen LogP contribution is -2.44. The molecule has 0 spiro atoms. The second kappa shape index (κ2) is 9.11. The van der Waals surface area contributed by atoms with E-state index in [-0.39, 0.29) is 4.90 Å². The maximum atomic E-state index is 10.5. The first kappa shape index (κ1) is 18.1. The normalized spacial score (nSPS) is 16.1. The Morgan fingerprint density at radius 3 is 2.29 bits per heavy atom. The van der Waals surface area contributed by atoms with Crippen molar-refractivity contribution in [2.24, 2.45) is 5.73 Å². The number of nitrogens with two attached hydrogens (primary N) is 1. The minimum Gasteiger partial charge on any atom is -0.330 e. The fourth-order valence-corrected chi connectivity index (χ4v) is 2.44.